The average molecular weight is 514 g/mol. The number of nitrogens with one attached hydrogen (secondary N) is 1. The van der Waals surface area contributed by atoms with E-state index in [-0.39, 0.29) is 32.0 Å². The Morgan fingerprint density at radius 3 is 2.27 bits per heavy atom. The molecule has 4 rings (SSSR count). The van der Waals surface area contributed by atoms with Crippen LogP contribution in [0.15, 0.2) is 71.9 Å². The summed E-state index contributed by atoms with van der Waals surface area (Å²) in [6.07, 6.45) is -5.44. The molecule has 1 amide bonds. The number of benzene rings is 3. The molecule has 0 saturated carbocycles. The van der Waals surface area contributed by atoms with Gasteiger partial charge in [0.05, 0.1) is 16.4 Å². The number of hydrogen-bond acceptors (Lipinski definition) is 3. The lowest BCUT2D eigenvalue weighted by atomic mass is 9.86. The van der Waals surface area contributed by atoms with E-state index in [0.29, 0.717) is 11.1 Å². The Bertz CT molecular complexity index is 1230. The highest BCUT2D eigenvalue weighted by atomic mass is 35.5. The van der Waals surface area contributed by atoms with E-state index in [0.717, 1.165) is 12.1 Å². The van der Waals surface area contributed by atoms with Gasteiger partial charge >= 0.3 is 6.18 Å². The molecule has 1 unspecified atom stereocenters. The first-order chi connectivity index (χ1) is 15.6. The lowest BCUT2D eigenvalue weighted by molar-refractivity contribution is -0.275. The van der Waals surface area contributed by atoms with Crippen molar-refractivity contribution in [2.75, 3.05) is 5.32 Å². The van der Waals surface area contributed by atoms with E-state index >= 15 is 0 Å². The van der Waals surface area contributed by atoms with Crippen LogP contribution in [0, 0.1) is 0 Å². The van der Waals surface area contributed by atoms with Gasteiger partial charge in [0.1, 0.15) is 0 Å². The predicted octanol–water partition coefficient (Wildman–Crippen LogP) is 7.48. The molecule has 1 N–H and O–H groups in total. The van der Waals surface area contributed by atoms with E-state index in [2.05, 4.69) is 10.5 Å². The van der Waals surface area contributed by atoms with Crippen molar-refractivity contribution in [2.24, 2.45) is 5.16 Å². The molecule has 1 aliphatic heterocycles. The van der Waals surface area contributed by atoms with Gasteiger partial charge in [0.15, 0.2) is 0 Å². The lowest BCUT2D eigenvalue weighted by Crippen LogP contribution is -2.42. The van der Waals surface area contributed by atoms with E-state index in [4.69, 9.17) is 39.6 Å². The van der Waals surface area contributed by atoms with Crippen molar-refractivity contribution in [1.29, 1.82) is 0 Å². The first-order valence-corrected chi connectivity index (χ1v) is 10.7. The minimum Gasteiger partial charge on any atom is -0.374 e. The Labute approximate surface area is 201 Å². The van der Waals surface area contributed by atoms with Crippen molar-refractivity contribution in [3.8, 4) is 0 Å². The minimum absolute atomic E-state index is 0.0234. The molecule has 0 aliphatic carbocycles. The van der Waals surface area contributed by atoms with Crippen LogP contribution in [-0.4, -0.2) is 17.8 Å². The van der Waals surface area contributed by atoms with Crippen LogP contribution < -0.4 is 5.32 Å². The zero-order chi connectivity index (χ0) is 23.8. The predicted molar refractivity (Wildman–Crippen MR) is 122 cm³/mol. The van der Waals surface area contributed by atoms with E-state index in [1.54, 1.807) is 30.3 Å². The highest BCUT2D eigenvalue weighted by Gasteiger charge is 2.62. The molecule has 0 aromatic heterocycles. The molecule has 3 aromatic carbocycles. The third-order valence-electron chi connectivity index (χ3n) is 5.10. The molecule has 0 fully saturated rings. The fourth-order valence-electron chi connectivity index (χ4n) is 3.43. The molecule has 33 heavy (non-hydrogen) atoms. The van der Waals surface area contributed by atoms with Crippen LogP contribution in [0.1, 0.15) is 27.9 Å². The first-order valence-electron chi connectivity index (χ1n) is 9.54. The van der Waals surface area contributed by atoms with Crippen molar-refractivity contribution in [3.63, 3.8) is 0 Å². The third-order valence-corrected chi connectivity index (χ3v) is 5.86. The smallest absolute Gasteiger partial charge is 0.374 e. The Morgan fingerprint density at radius 2 is 1.64 bits per heavy atom. The zero-order valence-corrected chi connectivity index (χ0v) is 18.9. The van der Waals surface area contributed by atoms with Crippen LogP contribution in [0.5, 0.6) is 0 Å². The van der Waals surface area contributed by atoms with Crippen LogP contribution in [0.25, 0.3) is 0 Å². The lowest BCUT2D eigenvalue weighted by Gasteiger charge is -2.29. The van der Waals surface area contributed by atoms with Crippen molar-refractivity contribution < 1.29 is 22.8 Å². The number of carbonyl (C=O) groups excluding carboxylic acids is 1. The van der Waals surface area contributed by atoms with Gasteiger partial charge in [0.2, 0.25) is 0 Å². The van der Waals surface area contributed by atoms with Crippen molar-refractivity contribution in [3.05, 3.63) is 98.5 Å². The monoisotopic (exact) mass is 512 g/mol. The highest BCUT2D eigenvalue weighted by Crippen LogP contribution is 2.49. The summed E-state index contributed by atoms with van der Waals surface area (Å²) in [7, 11) is 0. The third kappa shape index (κ3) is 4.67. The average Bonchev–Trinajstić information content (AvgIpc) is 3.22. The standard InChI is InChI=1S/C23H14Cl3F3N2O2/c24-16-9-15(10-17(25)11-16)22(23(27,28)29)12-20(31-33-22)14-6-7-18(26)19(8-14)30-21(32)13-4-2-1-3-5-13/h1-11H,12H2,(H,30,32). The largest absolute Gasteiger partial charge is 0.435 e. The van der Waals surface area contributed by atoms with Crippen molar-refractivity contribution >= 4 is 52.1 Å². The normalized spacial score (nSPS) is 17.9. The van der Waals surface area contributed by atoms with E-state index < -0.39 is 24.1 Å². The summed E-state index contributed by atoms with van der Waals surface area (Å²) in [5.41, 5.74) is -2.07. The molecular formula is C23H14Cl3F3N2O2. The first kappa shape index (κ1) is 23.4. The zero-order valence-electron chi connectivity index (χ0n) is 16.6. The summed E-state index contributed by atoms with van der Waals surface area (Å²) in [5, 5.41) is 6.68. The van der Waals surface area contributed by atoms with E-state index in [1.165, 1.54) is 24.3 Å². The second kappa shape index (κ2) is 8.89. The molecule has 3 aromatic rings. The minimum atomic E-state index is -4.82. The number of oxime groups is 1. The number of rotatable bonds is 4. The van der Waals surface area contributed by atoms with Gasteiger partial charge < -0.3 is 10.2 Å². The fourth-order valence-corrected chi connectivity index (χ4v) is 4.12. The summed E-state index contributed by atoms with van der Waals surface area (Å²) in [6.45, 7) is 0. The van der Waals surface area contributed by atoms with Crippen LogP contribution >= 0.6 is 34.8 Å². The molecule has 10 heteroatoms. The summed E-state index contributed by atoms with van der Waals surface area (Å²) in [6, 6.07) is 16.4. The highest BCUT2D eigenvalue weighted by molar-refractivity contribution is 6.35. The molecule has 0 saturated heterocycles. The van der Waals surface area contributed by atoms with Crippen molar-refractivity contribution in [1.82, 2.24) is 0 Å². The molecule has 1 atom stereocenters. The second-order valence-corrected chi connectivity index (χ2v) is 8.58. The van der Waals surface area contributed by atoms with Crippen LogP contribution in [0.3, 0.4) is 0 Å². The van der Waals surface area contributed by atoms with Gasteiger partial charge in [-0.05, 0) is 42.5 Å². The van der Waals surface area contributed by atoms with E-state index in [9.17, 15) is 18.0 Å². The Balaban J connectivity index is 1.65. The SMILES string of the molecule is O=C(Nc1cc(C2=NOC(c3cc(Cl)cc(Cl)c3)(C(F)(F)F)C2)ccc1Cl)c1ccccc1. The molecule has 0 bridgehead atoms. The van der Waals surface area contributed by atoms with Gasteiger partial charge in [0.25, 0.3) is 11.5 Å². The number of anilines is 1. The maximum Gasteiger partial charge on any atom is 0.435 e. The molecule has 170 valence electrons. The molecule has 0 spiro atoms. The molecule has 4 nitrogen and oxygen atoms in total. The van der Waals surface area contributed by atoms with Crippen LogP contribution in [-0.2, 0) is 10.4 Å². The van der Waals surface area contributed by atoms with Gasteiger partial charge in [0, 0.05) is 33.2 Å². The van der Waals surface area contributed by atoms with Gasteiger partial charge in [-0.2, -0.15) is 13.2 Å². The molecule has 1 heterocycles. The summed E-state index contributed by atoms with van der Waals surface area (Å²) < 4.78 is 42.6. The number of hydrogen-bond donors (Lipinski definition) is 1. The Morgan fingerprint density at radius 1 is 0.970 bits per heavy atom. The number of nitrogens with zero attached hydrogens (tertiary/aromatic N) is 1. The summed E-state index contributed by atoms with van der Waals surface area (Å²) >= 11 is 18.1. The van der Waals surface area contributed by atoms with E-state index in [1.807, 2.05) is 0 Å². The van der Waals surface area contributed by atoms with Gasteiger partial charge in [-0.25, -0.2) is 0 Å². The van der Waals surface area contributed by atoms with Crippen molar-refractivity contribution in [2.45, 2.75) is 18.2 Å². The number of amides is 1. The van der Waals surface area contributed by atoms with Crippen LogP contribution in [0.2, 0.25) is 15.1 Å². The number of carbonyl (C=O) groups is 1. The summed E-state index contributed by atoms with van der Waals surface area (Å²) in [4.78, 5) is 17.5. The molecule has 1 aliphatic rings. The van der Waals surface area contributed by atoms with Gasteiger partial charge in [-0.3, -0.25) is 4.79 Å². The maximum absolute atomic E-state index is 14.2. The van der Waals surface area contributed by atoms with Gasteiger partial charge in [-0.1, -0.05) is 64.2 Å². The number of halogens is 6. The summed E-state index contributed by atoms with van der Waals surface area (Å²) in [5.74, 6) is -0.419. The topological polar surface area (TPSA) is 50.7 Å². The van der Waals surface area contributed by atoms with Crippen LogP contribution in [0.4, 0.5) is 18.9 Å². The Kier molecular flexibility index (Phi) is 6.31. The molecule has 0 radical (unpaired) electrons. The second-order valence-electron chi connectivity index (χ2n) is 7.30. The molecular weight excluding hydrogens is 500 g/mol. The number of alkyl halides is 3. The Hall–Kier alpha value is -2.74. The fraction of sp³-hybridized carbons (Fsp3) is 0.130. The quantitative estimate of drug-likeness (QED) is 0.393. The van der Waals surface area contributed by atoms with Gasteiger partial charge in [-0.15, -0.1) is 0 Å². The maximum atomic E-state index is 14.2.